The Kier molecular flexibility index (Phi) is 6.42. The Morgan fingerprint density at radius 2 is 2.04 bits per heavy atom. The van der Waals surface area contributed by atoms with Gasteiger partial charge in [0, 0.05) is 17.6 Å². The molecule has 142 valence electrons. The molecule has 0 unspecified atom stereocenters. The lowest BCUT2D eigenvalue weighted by Crippen LogP contribution is -2.19. The number of aromatic nitrogens is 1. The average molecular weight is 425 g/mol. The molecule has 0 aliphatic rings. The average Bonchev–Trinajstić information content (AvgIpc) is 2.97. The monoisotopic (exact) mass is 424 g/mol. The fraction of sp³-hybridized carbons (Fsp3) is 0.263. The van der Waals surface area contributed by atoms with E-state index in [-0.39, 0.29) is 12.5 Å². The highest BCUT2D eigenvalue weighted by Crippen LogP contribution is 2.27. The van der Waals surface area contributed by atoms with E-state index in [2.05, 4.69) is 11.9 Å². The fourth-order valence-electron chi connectivity index (χ4n) is 2.57. The molecule has 0 bridgehead atoms. The first-order chi connectivity index (χ1) is 13.0. The van der Waals surface area contributed by atoms with Crippen LogP contribution in [0.4, 0.5) is 0 Å². The minimum atomic E-state index is -0.385. The summed E-state index contributed by atoms with van der Waals surface area (Å²) in [7, 11) is 1.63. The third kappa shape index (κ3) is 4.64. The molecule has 1 aromatic heterocycles. The van der Waals surface area contributed by atoms with Gasteiger partial charge in [-0.25, -0.2) is 0 Å². The number of hydrogen-bond donors (Lipinski definition) is 0. The number of thiazole rings is 1. The van der Waals surface area contributed by atoms with Crippen molar-refractivity contribution in [3.63, 3.8) is 0 Å². The lowest BCUT2D eigenvalue weighted by Gasteiger charge is -2.06. The van der Waals surface area contributed by atoms with Crippen LogP contribution >= 0.6 is 34.5 Å². The van der Waals surface area contributed by atoms with Crippen LogP contribution in [-0.4, -0.2) is 24.2 Å². The second kappa shape index (κ2) is 8.78. The Hall–Kier alpha value is -2.02. The van der Waals surface area contributed by atoms with Crippen molar-refractivity contribution in [2.45, 2.75) is 19.9 Å². The Labute approximate surface area is 170 Å². The fourth-order valence-corrected chi connectivity index (χ4v) is 4.09. The molecule has 0 fully saturated rings. The van der Waals surface area contributed by atoms with Crippen LogP contribution in [0.3, 0.4) is 0 Å². The van der Waals surface area contributed by atoms with E-state index in [4.69, 9.17) is 32.7 Å². The van der Waals surface area contributed by atoms with Crippen LogP contribution in [0.2, 0.25) is 10.0 Å². The predicted molar refractivity (Wildman–Crippen MR) is 109 cm³/mol. The van der Waals surface area contributed by atoms with Crippen molar-refractivity contribution in [3.8, 4) is 11.5 Å². The number of carbonyl (C=O) groups excluding carboxylic acids is 1. The molecular formula is C19H18Cl2N2O3S. The molecule has 1 amide bonds. The molecule has 0 saturated heterocycles. The van der Waals surface area contributed by atoms with Crippen LogP contribution in [0.25, 0.3) is 10.2 Å². The maximum atomic E-state index is 12.3. The van der Waals surface area contributed by atoms with Gasteiger partial charge in [-0.15, -0.1) is 0 Å². The van der Waals surface area contributed by atoms with Gasteiger partial charge >= 0.3 is 0 Å². The molecule has 3 aromatic rings. The Morgan fingerprint density at radius 3 is 2.74 bits per heavy atom. The van der Waals surface area contributed by atoms with Gasteiger partial charge in [0.05, 0.1) is 22.3 Å². The van der Waals surface area contributed by atoms with Crippen LogP contribution in [0.1, 0.15) is 13.3 Å². The first-order valence-corrected chi connectivity index (χ1v) is 9.92. The molecule has 0 N–H and O–H groups in total. The Morgan fingerprint density at radius 1 is 1.22 bits per heavy atom. The highest BCUT2D eigenvalue weighted by molar-refractivity contribution is 7.16. The van der Waals surface area contributed by atoms with Crippen LogP contribution in [0.15, 0.2) is 41.4 Å². The summed E-state index contributed by atoms with van der Waals surface area (Å²) in [6.45, 7) is 2.63. The van der Waals surface area contributed by atoms with E-state index < -0.39 is 0 Å². The second-order valence-corrected chi connectivity index (χ2v) is 7.59. The number of fused-ring (bicyclic) bond motifs is 1. The summed E-state index contributed by atoms with van der Waals surface area (Å²) in [5.41, 5.74) is 0.995. The SMILES string of the molecule is CCCn1c(=NC(=O)COc2ccc(Cl)cc2Cl)sc2ccc(OC)cc21. The molecule has 0 spiro atoms. The van der Waals surface area contributed by atoms with Crippen LogP contribution < -0.4 is 14.3 Å². The van der Waals surface area contributed by atoms with E-state index in [1.54, 1.807) is 25.3 Å². The van der Waals surface area contributed by atoms with Crippen molar-refractivity contribution in [1.29, 1.82) is 0 Å². The Balaban J connectivity index is 1.87. The van der Waals surface area contributed by atoms with Gasteiger partial charge in [0.15, 0.2) is 11.4 Å². The minimum Gasteiger partial charge on any atom is -0.497 e. The summed E-state index contributed by atoms with van der Waals surface area (Å²) >= 11 is 13.4. The largest absolute Gasteiger partial charge is 0.497 e. The van der Waals surface area contributed by atoms with Crippen molar-refractivity contribution in [1.82, 2.24) is 4.57 Å². The second-order valence-electron chi connectivity index (χ2n) is 5.74. The zero-order valence-electron chi connectivity index (χ0n) is 14.9. The number of hydrogen-bond acceptors (Lipinski definition) is 4. The number of methoxy groups -OCH3 is 1. The van der Waals surface area contributed by atoms with E-state index in [1.165, 1.54) is 11.3 Å². The number of ether oxygens (including phenoxy) is 2. The lowest BCUT2D eigenvalue weighted by atomic mass is 10.3. The van der Waals surface area contributed by atoms with Crippen LogP contribution in [-0.2, 0) is 11.3 Å². The number of rotatable bonds is 6. The molecular weight excluding hydrogens is 407 g/mol. The molecule has 0 aliphatic carbocycles. The summed E-state index contributed by atoms with van der Waals surface area (Å²) < 4.78 is 13.8. The van der Waals surface area contributed by atoms with Gasteiger partial charge in [-0.1, -0.05) is 41.5 Å². The molecule has 5 nitrogen and oxygen atoms in total. The van der Waals surface area contributed by atoms with Gasteiger partial charge in [-0.2, -0.15) is 4.99 Å². The van der Waals surface area contributed by atoms with Crippen molar-refractivity contribution < 1.29 is 14.3 Å². The van der Waals surface area contributed by atoms with Gasteiger partial charge in [0.1, 0.15) is 11.5 Å². The summed E-state index contributed by atoms with van der Waals surface area (Å²) in [5.74, 6) is 0.778. The van der Waals surface area contributed by atoms with E-state index in [0.717, 1.165) is 28.9 Å². The molecule has 27 heavy (non-hydrogen) atoms. The number of halogens is 2. The van der Waals surface area contributed by atoms with Gasteiger partial charge in [-0.3, -0.25) is 4.79 Å². The summed E-state index contributed by atoms with van der Waals surface area (Å²) in [4.78, 5) is 17.2. The quantitative estimate of drug-likeness (QED) is 0.563. The first kappa shape index (κ1) is 19.7. The van der Waals surface area contributed by atoms with E-state index in [0.29, 0.717) is 20.6 Å². The lowest BCUT2D eigenvalue weighted by molar-refractivity contribution is -0.120. The minimum absolute atomic E-state index is 0.203. The highest BCUT2D eigenvalue weighted by Gasteiger charge is 2.10. The standard InChI is InChI=1S/C19H18Cl2N2O3S/c1-3-8-23-15-10-13(25-2)5-7-17(15)27-19(23)22-18(24)11-26-16-6-4-12(20)9-14(16)21/h4-7,9-10H,3,8,11H2,1-2H3. The van der Waals surface area contributed by atoms with Crippen molar-refractivity contribution in [2.24, 2.45) is 4.99 Å². The normalized spacial score (nSPS) is 11.8. The predicted octanol–water partition coefficient (Wildman–Crippen LogP) is 4.93. The maximum Gasteiger partial charge on any atom is 0.286 e. The number of nitrogens with zero attached hydrogens (tertiary/aromatic N) is 2. The summed E-state index contributed by atoms with van der Waals surface area (Å²) in [6, 6.07) is 10.7. The molecule has 0 atom stereocenters. The molecule has 2 aromatic carbocycles. The summed E-state index contributed by atoms with van der Waals surface area (Å²) in [6.07, 6.45) is 0.918. The number of carbonyl (C=O) groups is 1. The maximum absolute atomic E-state index is 12.3. The van der Waals surface area contributed by atoms with E-state index in [1.807, 2.05) is 22.8 Å². The topological polar surface area (TPSA) is 52.8 Å². The van der Waals surface area contributed by atoms with Crippen molar-refractivity contribution in [3.05, 3.63) is 51.2 Å². The van der Waals surface area contributed by atoms with Gasteiger partial charge in [0.2, 0.25) is 0 Å². The summed E-state index contributed by atoms with van der Waals surface area (Å²) in [5, 5.41) is 0.856. The van der Waals surface area contributed by atoms with Crippen LogP contribution in [0, 0.1) is 0 Å². The highest BCUT2D eigenvalue weighted by atomic mass is 35.5. The molecule has 0 radical (unpaired) electrons. The first-order valence-electron chi connectivity index (χ1n) is 8.34. The smallest absolute Gasteiger partial charge is 0.286 e. The Bertz CT molecular complexity index is 1040. The van der Waals surface area contributed by atoms with E-state index >= 15 is 0 Å². The van der Waals surface area contributed by atoms with Gasteiger partial charge < -0.3 is 14.0 Å². The van der Waals surface area contributed by atoms with Crippen molar-refractivity contribution >= 4 is 50.7 Å². The zero-order valence-corrected chi connectivity index (χ0v) is 17.2. The molecule has 1 heterocycles. The molecule has 0 saturated carbocycles. The van der Waals surface area contributed by atoms with Crippen LogP contribution in [0.5, 0.6) is 11.5 Å². The van der Waals surface area contributed by atoms with Gasteiger partial charge in [0.25, 0.3) is 5.91 Å². The molecule has 8 heteroatoms. The third-order valence-corrected chi connectivity index (χ3v) is 5.39. The zero-order chi connectivity index (χ0) is 19.4. The number of benzene rings is 2. The van der Waals surface area contributed by atoms with Crippen molar-refractivity contribution in [2.75, 3.05) is 13.7 Å². The van der Waals surface area contributed by atoms with Gasteiger partial charge in [-0.05, 0) is 36.8 Å². The number of amides is 1. The third-order valence-electron chi connectivity index (χ3n) is 3.80. The molecule has 0 aliphatic heterocycles. The molecule has 3 rings (SSSR count). The van der Waals surface area contributed by atoms with E-state index in [9.17, 15) is 4.79 Å². The number of aryl methyl sites for hydroxylation is 1.